The first kappa shape index (κ1) is 21.2. The summed E-state index contributed by atoms with van der Waals surface area (Å²) in [5.74, 6) is 0.668. The molecule has 3 aromatic rings. The van der Waals surface area contributed by atoms with E-state index in [9.17, 15) is 15.0 Å². The van der Waals surface area contributed by atoms with Gasteiger partial charge in [0.2, 0.25) is 0 Å². The van der Waals surface area contributed by atoms with Crippen LogP contribution in [-0.4, -0.2) is 36.5 Å². The van der Waals surface area contributed by atoms with Crippen LogP contribution in [0.2, 0.25) is 0 Å². The van der Waals surface area contributed by atoms with Gasteiger partial charge in [0.05, 0.1) is 0 Å². The zero-order valence-electron chi connectivity index (χ0n) is 17.5. The molecule has 2 atom stereocenters. The maximum atomic E-state index is 12.6. The van der Waals surface area contributed by atoms with Crippen LogP contribution in [0.5, 0.6) is 11.5 Å². The molecular weight excluding hydrogens is 394 g/mol. The third-order valence-electron chi connectivity index (χ3n) is 5.76. The van der Waals surface area contributed by atoms with Gasteiger partial charge in [-0.25, -0.2) is 0 Å². The molecule has 2 aromatic carbocycles. The fourth-order valence-corrected chi connectivity index (χ4v) is 4.28. The molecular formula is C25H27NO5. The Labute approximate surface area is 180 Å². The smallest absolute Gasteiger partial charge is 0.196 e. The monoisotopic (exact) mass is 421 g/mol. The first-order valence-electron chi connectivity index (χ1n) is 10.5. The van der Waals surface area contributed by atoms with E-state index >= 15 is 0 Å². The summed E-state index contributed by atoms with van der Waals surface area (Å²) in [4.78, 5) is 12.6. The number of rotatable bonds is 6. The van der Waals surface area contributed by atoms with E-state index < -0.39 is 0 Å². The Balaban J connectivity index is 1.76. The first-order valence-corrected chi connectivity index (χ1v) is 10.5. The van der Waals surface area contributed by atoms with Gasteiger partial charge < -0.3 is 24.7 Å². The zero-order valence-corrected chi connectivity index (χ0v) is 17.5. The summed E-state index contributed by atoms with van der Waals surface area (Å²) < 4.78 is 12.0. The lowest BCUT2D eigenvalue weighted by Gasteiger charge is -2.32. The van der Waals surface area contributed by atoms with E-state index in [0.29, 0.717) is 23.6 Å². The molecule has 162 valence electrons. The molecule has 2 unspecified atom stereocenters. The van der Waals surface area contributed by atoms with Gasteiger partial charge in [0, 0.05) is 36.8 Å². The van der Waals surface area contributed by atoms with E-state index in [2.05, 4.69) is 5.32 Å². The lowest BCUT2D eigenvalue weighted by molar-refractivity contribution is 0.177. The first-order chi connectivity index (χ1) is 15.1. The highest BCUT2D eigenvalue weighted by atomic mass is 16.5. The van der Waals surface area contributed by atoms with E-state index in [1.54, 1.807) is 6.92 Å². The highest BCUT2D eigenvalue weighted by molar-refractivity contribution is 5.88. The number of aliphatic hydroxyl groups is 1. The Bertz CT molecular complexity index is 1140. The van der Waals surface area contributed by atoms with Crippen LogP contribution < -0.4 is 15.5 Å². The third-order valence-corrected chi connectivity index (χ3v) is 5.76. The van der Waals surface area contributed by atoms with Crippen LogP contribution in [0, 0.1) is 12.8 Å². The Kier molecular flexibility index (Phi) is 6.39. The Morgan fingerprint density at radius 1 is 1.26 bits per heavy atom. The number of aryl methyl sites for hydroxylation is 1. The Morgan fingerprint density at radius 3 is 2.84 bits per heavy atom. The summed E-state index contributed by atoms with van der Waals surface area (Å²) in [6.07, 6.45) is 4.63. The molecule has 6 heteroatoms. The van der Waals surface area contributed by atoms with Gasteiger partial charge >= 0.3 is 0 Å². The second kappa shape index (κ2) is 9.37. The molecule has 0 amide bonds. The maximum absolute atomic E-state index is 12.6. The SMILES string of the molecule is Cc1cc(=O)c2c(O)cc(OC/C=C/c3ccccc3)c(C3CCNCC3CO)c2o1. The second-order valence-electron chi connectivity index (χ2n) is 7.90. The third kappa shape index (κ3) is 4.50. The van der Waals surface area contributed by atoms with Gasteiger partial charge in [-0.2, -0.15) is 0 Å². The molecule has 0 aliphatic carbocycles. The summed E-state index contributed by atoms with van der Waals surface area (Å²) >= 11 is 0. The minimum atomic E-state index is -0.289. The van der Waals surface area contributed by atoms with Gasteiger partial charge in [-0.05, 0) is 37.4 Å². The topological polar surface area (TPSA) is 91.9 Å². The minimum Gasteiger partial charge on any atom is -0.507 e. The number of benzene rings is 2. The van der Waals surface area contributed by atoms with Crippen LogP contribution >= 0.6 is 0 Å². The average molecular weight is 421 g/mol. The molecule has 0 saturated carbocycles. The normalized spacial score (nSPS) is 19.2. The largest absolute Gasteiger partial charge is 0.507 e. The number of fused-ring (bicyclic) bond motifs is 1. The molecule has 1 aliphatic heterocycles. The summed E-state index contributed by atoms with van der Waals surface area (Å²) in [5.41, 5.74) is 1.86. The van der Waals surface area contributed by atoms with Gasteiger partial charge in [-0.3, -0.25) is 4.79 Å². The Hall–Kier alpha value is -3.09. The van der Waals surface area contributed by atoms with Gasteiger partial charge in [-0.1, -0.05) is 36.4 Å². The summed E-state index contributed by atoms with van der Waals surface area (Å²) in [7, 11) is 0. The molecule has 1 aromatic heterocycles. The fraction of sp³-hybridized carbons (Fsp3) is 0.320. The van der Waals surface area contributed by atoms with Crippen molar-refractivity contribution < 1.29 is 19.4 Å². The summed E-state index contributed by atoms with van der Waals surface area (Å²) in [6, 6.07) is 12.8. The number of aromatic hydroxyl groups is 1. The fourth-order valence-electron chi connectivity index (χ4n) is 4.28. The van der Waals surface area contributed by atoms with Gasteiger partial charge in [-0.15, -0.1) is 0 Å². The number of phenols is 1. The van der Waals surface area contributed by atoms with Crippen LogP contribution in [0.15, 0.2) is 57.8 Å². The Morgan fingerprint density at radius 2 is 2.06 bits per heavy atom. The maximum Gasteiger partial charge on any atom is 0.196 e. The lowest BCUT2D eigenvalue weighted by atomic mass is 9.80. The van der Waals surface area contributed by atoms with Gasteiger partial charge in [0.15, 0.2) is 5.43 Å². The van der Waals surface area contributed by atoms with E-state index in [0.717, 1.165) is 24.1 Å². The van der Waals surface area contributed by atoms with Crippen molar-refractivity contribution in [1.29, 1.82) is 0 Å². The standard InChI is InChI=1S/C25H27NO5/c1-16-12-20(28)24-21(29)13-22(30-11-5-8-17-6-3-2-4-7-17)23(25(24)31-16)19-9-10-26-14-18(19)15-27/h2-8,12-13,18-19,26-27,29H,9-11,14-15H2,1H3/b8-5+. The highest BCUT2D eigenvalue weighted by Gasteiger charge is 2.32. The van der Waals surface area contributed by atoms with E-state index in [-0.39, 0.29) is 41.6 Å². The summed E-state index contributed by atoms with van der Waals surface area (Å²) in [6.45, 7) is 3.45. The van der Waals surface area contributed by atoms with E-state index in [4.69, 9.17) is 9.15 Å². The van der Waals surface area contributed by atoms with Crippen molar-refractivity contribution in [2.75, 3.05) is 26.3 Å². The van der Waals surface area contributed by atoms with Crippen molar-refractivity contribution in [3.05, 3.63) is 75.7 Å². The number of hydrogen-bond donors (Lipinski definition) is 3. The molecule has 1 fully saturated rings. The number of hydrogen-bond acceptors (Lipinski definition) is 6. The predicted molar refractivity (Wildman–Crippen MR) is 121 cm³/mol. The van der Waals surface area contributed by atoms with E-state index in [1.807, 2.05) is 42.5 Å². The van der Waals surface area contributed by atoms with Crippen molar-refractivity contribution in [3.8, 4) is 11.5 Å². The molecule has 0 spiro atoms. The number of nitrogens with one attached hydrogen (secondary N) is 1. The van der Waals surface area contributed by atoms with Crippen molar-refractivity contribution in [2.24, 2.45) is 5.92 Å². The quantitative estimate of drug-likeness (QED) is 0.563. The number of piperidine rings is 1. The van der Waals surface area contributed by atoms with Crippen molar-refractivity contribution >= 4 is 17.0 Å². The predicted octanol–water partition coefficient (Wildman–Crippen LogP) is 3.58. The second-order valence-corrected chi connectivity index (χ2v) is 7.90. The molecule has 2 heterocycles. The number of aliphatic hydroxyl groups excluding tert-OH is 1. The van der Waals surface area contributed by atoms with Gasteiger partial charge in [0.1, 0.15) is 34.8 Å². The van der Waals surface area contributed by atoms with Crippen LogP contribution in [-0.2, 0) is 0 Å². The molecule has 6 nitrogen and oxygen atoms in total. The van der Waals surface area contributed by atoms with Crippen LogP contribution in [0.4, 0.5) is 0 Å². The number of phenolic OH excluding ortho intramolecular Hbond substituents is 1. The highest BCUT2D eigenvalue weighted by Crippen LogP contribution is 2.43. The minimum absolute atomic E-state index is 0.00341. The van der Waals surface area contributed by atoms with Crippen LogP contribution in [0.1, 0.15) is 29.2 Å². The van der Waals surface area contributed by atoms with E-state index in [1.165, 1.54) is 12.1 Å². The lowest BCUT2D eigenvalue weighted by Crippen LogP contribution is -2.37. The van der Waals surface area contributed by atoms with Crippen molar-refractivity contribution in [1.82, 2.24) is 5.32 Å². The molecule has 0 bridgehead atoms. The average Bonchev–Trinajstić information content (AvgIpc) is 2.77. The molecule has 4 rings (SSSR count). The van der Waals surface area contributed by atoms with Crippen LogP contribution in [0.25, 0.3) is 17.0 Å². The molecule has 3 N–H and O–H groups in total. The van der Waals surface area contributed by atoms with Crippen molar-refractivity contribution in [2.45, 2.75) is 19.3 Å². The molecule has 0 radical (unpaired) electrons. The zero-order chi connectivity index (χ0) is 21.8. The molecule has 31 heavy (non-hydrogen) atoms. The number of ether oxygens (including phenoxy) is 1. The van der Waals surface area contributed by atoms with Crippen molar-refractivity contribution in [3.63, 3.8) is 0 Å². The molecule has 1 saturated heterocycles. The molecule has 1 aliphatic rings. The summed E-state index contributed by atoms with van der Waals surface area (Å²) in [5, 5.41) is 24.0. The van der Waals surface area contributed by atoms with Crippen LogP contribution in [0.3, 0.4) is 0 Å². The van der Waals surface area contributed by atoms with Gasteiger partial charge in [0.25, 0.3) is 0 Å².